The minimum atomic E-state index is 0.0493. The summed E-state index contributed by atoms with van der Waals surface area (Å²) in [6.07, 6.45) is 0. The first kappa shape index (κ1) is 50.5. The van der Waals surface area contributed by atoms with Gasteiger partial charge in [0.15, 0.2) is 0 Å². The summed E-state index contributed by atoms with van der Waals surface area (Å²) in [5.74, 6) is 0. The fourth-order valence-corrected chi connectivity index (χ4v) is 8.85. The Kier molecular flexibility index (Phi) is 17.7. The molecule has 8 aromatic carbocycles. The molecule has 0 aromatic heterocycles. The van der Waals surface area contributed by atoms with Gasteiger partial charge in [-0.25, -0.2) is 0 Å². The van der Waals surface area contributed by atoms with Crippen LogP contribution in [0.15, 0.2) is 200 Å². The van der Waals surface area contributed by atoms with Crippen LogP contribution in [0.5, 0.6) is 0 Å². The summed E-state index contributed by atoms with van der Waals surface area (Å²) in [5, 5.41) is 0. The Morgan fingerprint density at radius 1 is 0.273 bits per heavy atom. The van der Waals surface area contributed by atoms with Crippen molar-refractivity contribution in [2.75, 3.05) is 0 Å². The average Bonchev–Trinajstić information content (AvgIpc) is 3.69. The lowest BCUT2D eigenvalue weighted by molar-refractivity contribution is 0.639. The van der Waals surface area contributed by atoms with Crippen molar-refractivity contribution in [3.63, 3.8) is 0 Å². The van der Waals surface area contributed by atoms with Crippen molar-refractivity contribution in [1.29, 1.82) is 0 Å². The van der Waals surface area contributed by atoms with E-state index in [1.54, 1.807) is 0 Å². The molecule has 10 rings (SSSR count). The summed E-state index contributed by atoms with van der Waals surface area (Å²) >= 11 is 0. The highest BCUT2D eigenvalue weighted by molar-refractivity contribution is 5.91. The van der Waals surface area contributed by atoms with Gasteiger partial charge in [0, 0.05) is 10.8 Å². The molecule has 0 N–H and O–H groups in total. The minimum Gasteiger partial charge on any atom is -0.0683 e. The lowest BCUT2D eigenvalue weighted by Crippen LogP contribution is -2.15. The van der Waals surface area contributed by atoms with Gasteiger partial charge in [-0.1, -0.05) is 271 Å². The number of hydrogen-bond donors (Lipinski definition) is 0. The smallest absolute Gasteiger partial charge is 0.0158 e. The normalized spacial score (nSPS) is 12.9. The second-order valence-electron chi connectivity index (χ2n) is 18.2. The maximum atomic E-state index is 2.40. The molecule has 0 heterocycles. The molecule has 0 saturated carbocycles. The molecule has 0 fully saturated rings. The van der Waals surface area contributed by atoms with Crippen LogP contribution in [-0.2, 0) is 10.8 Å². The van der Waals surface area contributed by atoms with Gasteiger partial charge in [0.05, 0.1) is 0 Å². The van der Waals surface area contributed by atoms with Crippen molar-refractivity contribution in [3.8, 4) is 33.4 Å². The molecule has 0 heteroatoms. The van der Waals surface area contributed by atoms with E-state index in [2.05, 4.69) is 239 Å². The van der Waals surface area contributed by atoms with Crippen molar-refractivity contribution < 1.29 is 0 Å². The first-order valence-electron chi connectivity index (χ1n) is 24.1. The molecule has 0 unspecified atom stereocenters. The highest BCUT2D eigenvalue weighted by atomic mass is 14.4. The molecule has 338 valence electrons. The minimum absolute atomic E-state index is 0.0493. The highest BCUT2D eigenvalue weighted by Crippen LogP contribution is 2.50. The zero-order chi connectivity index (χ0) is 48.0. The van der Waals surface area contributed by atoms with Crippen LogP contribution in [0.4, 0.5) is 0 Å². The maximum Gasteiger partial charge on any atom is 0.0158 e. The zero-order valence-electron chi connectivity index (χ0n) is 42.5. The molecule has 2 aliphatic rings. The van der Waals surface area contributed by atoms with Crippen molar-refractivity contribution in [2.24, 2.45) is 0 Å². The highest BCUT2D eigenvalue weighted by Gasteiger charge is 2.37. The number of rotatable bonds is 3. The first-order chi connectivity index (χ1) is 31.8. The molecule has 0 aliphatic heterocycles. The molecule has 0 radical (unpaired) electrons. The lowest BCUT2D eigenvalue weighted by Gasteiger charge is -2.23. The van der Waals surface area contributed by atoms with E-state index >= 15 is 0 Å². The van der Waals surface area contributed by atoms with Crippen LogP contribution in [0, 0.1) is 34.6 Å². The van der Waals surface area contributed by atoms with Crippen LogP contribution >= 0.6 is 0 Å². The van der Waals surface area contributed by atoms with E-state index in [1.807, 2.05) is 52.0 Å². The van der Waals surface area contributed by atoms with Crippen LogP contribution in [0.25, 0.3) is 39.0 Å². The van der Waals surface area contributed by atoms with Gasteiger partial charge in [0.2, 0.25) is 0 Å². The van der Waals surface area contributed by atoms with E-state index in [4.69, 9.17) is 0 Å². The van der Waals surface area contributed by atoms with Crippen LogP contribution in [0.3, 0.4) is 0 Å². The summed E-state index contributed by atoms with van der Waals surface area (Å²) in [5.41, 5.74) is 24.8. The molecule has 0 nitrogen and oxygen atoms in total. The van der Waals surface area contributed by atoms with Crippen LogP contribution in [-0.4, -0.2) is 0 Å². The first-order valence-corrected chi connectivity index (χ1v) is 24.1. The molecule has 0 saturated heterocycles. The second-order valence-corrected chi connectivity index (χ2v) is 18.2. The van der Waals surface area contributed by atoms with E-state index in [0.29, 0.717) is 0 Å². The third-order valence-electron chi connectivity index (χ3n) is 12.9. The van der Waals surface area contributed by atoms with Gasteiger partial charge in [-0.2, -0.15) is 0 Å². The van der Waals surface area contributed by atoms with E-state index in [1.165, 1.54) is 100 Å². The Morgan fingerprint density at radius 3 is 1.21 bits per heavy atom. The Balaban J connectivity index is 0.000000175. The average molecular weight is 867 g/mol. The van der Waals surface area contributed by atoms with Gasteiger partial charge in [-0.05, 0) is 120 Å². The van der Waals surface area contributed by atoms with E-state index < -0.39 is 0 Å². The molecule has 0 spiro atoms. The fourth-order valence-electron chi connectivity index (χ4n) is 8.85. The Morgan fingerprint density at radius 2 is 0.667 bits per heavy atom. The van der Waals surface area contributed by atoms with Crippen LogP contribution < -0.4 is 0 Å². The molecule has 0 bridgehead atoms. The third-order valence-corrected chi connectivity index (χ3v) is 12.9. The molecule has 8 aromatic rings. The molecule has 0 atom stereocenters. The summed E-state index contributed by atoms with van der Waals surface area (Å²) in [4.78, 5) is 0. The lowest BCUT2D eigenvalue weighted by atomic mass is 9.81. The fraction of sp³-hybridized carbons (Fsp3) is 0.242. The summed E-state index contributed by atoms with van der Waals surface area (Å²) in [6.45, 7) is 30.3. The quantitative estimate of drug-likeness (QED) is 0.166. The van der Waals surface area contributed by atoms with Gasteiger partial charge >= 0.3 is 0 Å². The van der Waals surface area contributed by atoms with E-state index in [-0.39, 0.29) is 10.8 Å². The topological polar surface area (TPSA) is 0 Å². The van der Waals surface area contributed by atoms with Gasteiger partial charge < -0.3 is 0 Å². The Hall–Kier alpha value is -6.50. The molecule has 0 amide bonds. The summed E-state index contributed by atoms with van der Waals surface area (Å²) in [6, 6.07) is 69.4. The van der Waals surface area contributed by atoms with Crippen molar-refractivity contribution in [1.82, 2.24) is 0 Å². The SMILES string of the molecule is CC.CC.CC1=C(c2ccccc2C)c2ccc(-c3ccc(C)cc3)cc2C1(C)C.Cc1ccc(-c2ccccc2)cc1.Cc1ccc2c(c1)C(C)(C)c1ccccc1-2.Cc1ccccc1. The van der Waals surface area contributed by atoms with Gasteiger partial charge in [0.1, 0.15) is 0 Å². The Labute approximate surface area is 400 Å². The van der Waals surface area contributed by atoms with Gasteiger partial charge in [0.25, 0.3) is 0 Å². The number of fused-ring (bicyclic) bond motifs is 4. The Bertz CT molecular complexity index is 2800. The van der Waals surface area contributed by atoms with Gasteiger partial charge in [-0.15, -0.1) is 0 Å². The number of hydrogen-bond acceptors (Lipinski definition) is 0. The summed E-state index contributed by atoms with van der Waals surface area (Å²) in [7, 11) is 0. The summed E-state index contributed by atoms with van der Waals surface area (Å²) < 4.78 is 0. The molecular weight excluding hydrogens is 793 g/mol. The van der Waals surface area contributed by atoms with Crippen LogP contribution in [0.2, 0.25) is 0 Å². The van der Waals surface area contributed by atoms with Gasteiger partial charge in [-0.3, -0.25) is 0 Å². The maximum absolute atomic E-state index is 2.40. The van der Waals surface area contributed by atoms with Crippen molar-refractivity contribution >= 4 is 5.57 Å². The third kappa shape index (κ3) is 11.7. The number of benzene rings is 8. The van der Waals surface area contributed by atoms with Crippen LogP contribution in [0.1, 0.15) is 118 Å². The van der Waals surface area contributed by atoms with E-state index in [0.717, 1.165) is 0 Å². The molecular formula is C66H74. The number of allylic oxidation sites excluding steroid dienone is 1. The zero-order valence-corrected chi connectivity index (χ0v) is 42.5. The predicted molar refractivity (Wildman–Crippen MR) is 292 cm³/mol. The monoisotopic (exact) mass is 867 g/mol. The van der Waals surface area contributed by atoms with Crippen molar-refractivity contribution in [3.05, 3.63) is 255 Å². The largest absolute Gasteiger partial charge is 0.0683 e. The van der Waals surface area contributed by atoms with Crippen molar-refractivity contribution in [2.45, 2.75) is 108 Å². The standard InChI is InChI=1S/C26H26.C16H16.C13H12.C7H8.2C2H6/c1-17-10-12-20(13-11-17)21-14-15-23-24(16-21)26(4,5)19(3)25(23)22-9-7-6-8-18(22)2;1-11-8-9-13-12-6-4-5-7-14(12)16(2,3)15(13)10-11;1-11-7-9-13(10-8-11)12-5-3-2-4-6-12;1-7-5-3-2-4-6-7;2*1-2/h6-16H,1-5H3;4-10H,1-3H3;2-10H,1H3;2-6H,1H3;2*1-2H3. The molecule has 2 aliphatic carbocycles. The molecule has 66 heavy (non-hydrogen) atoms. The number of aryl methyl sites for hydroxylation is 5. The predicted octanol–water partition coefficient (Wildman–Crippen LogP) is 19.1. The van der Waals surface area contributed by atoms with E-state index in [9.17, 15) is 0 Å². The second kappa shape index (κ2) is 23.1.